The smallest absolute Gasteiger partial charge is 0.181 e. The highest BCUT2D eigenvalue weighted by atomic mass is 32.1. The summed E-state index contributed by atoms with van der Waals surface area (Å²) in [7, 11) is -2.82. The first-order valence-corrected chi connectivity index (χ1v) is 18.7. The normalized spacial score (nSPS) is 12.0. The molecule has 7 aromatic carbocycles. The molecular formula is C43H31NSSi. The van der Waals surface area contributed by atoms with Gasteiger partial charge in [0.05, 0.1) is 11.0 Å². The van der Waals surface area contributed by atoms with Crippen LogP contribution < -0.4 is 20.7 Å². The molecule has 0 N–H and O–H groups in total. The third-order valence-electron chi connectivity index (χ3n) is 9.67. The maximum absolute atomic E-state index is 2.82. The number of para-hydroxylation sites is 1. The molecule has 0 aliphatic rings. The fraction of sp³-hybridized carbons (Fsp3) is 0.0233. The van der Waals surface area contributed by atoms with Crippen LogP contribution in [0.1, 0.15) is 5.56 Å². The number of nitrogens with zero attached hydrogens (tertiary/aromatic N) is 1. The summed E-state index contributed by atoms with van der Waals surface area (Å²) in [5.41, 5.74) is 4.98. The lowest BCUT2D eigenvalue weighted by molar-refractivity contribution is 1.18. The standard InChI is InChI=1S/C43H31NSSi/c1-30-15-12-26-39-42(30)37-23-8-10-25-38(37)44(39)31-16-13-21-34(29-31)46(32-17-4-2-5-18-32,33-19-6-3-7-20-33)41-28-14-24-36-35-22-9-11-27-40(35)45-43(36)41/h2-29H,1H3. The van der Waals surface area contributed by atoms with Crippen LogP contribution in [-0.4, -0.2) is 12.6 Å². The van der Waals surface area contributed by atoms with Gasteiger partial charge in [-0.15, -0.1) is 11.3 Å². The lowest BCUT2D eigenvalue weighted by Crippen LogP contribution is -2.74. The summed E-state index contributed by atoms with van der Waals surface area (Å²) in [6.45, 7) is 2.23. The molecule has 0 fully saturated rings. The fourth-order valence-corrected chi connectivity index (χ4v) is 14.3. The van der Waals surface area contributed by atoms with Gasteiger partial charge in [0.25, 0.3) is 0 Å². The highest BCUT2D eigenvalue weighted by Gasteiger charge is 2.43. The van der Waals surface area contributed by atoms with Crippen LogP contribution in [0, 0.1) is 6.92 Å². The number of fused-ring (bicyclic) bond motifs is 6. The van der Waals surface area contributed by atoms with Gasteiger partial charge in [-0.05, 0) is 63.6 Å². The number of hydrogen-bond acceptors (Lipinski definition) is 1. The Balaban J connectivity index is 1.42. The Kier molecular flexibility index (Phi) is 6.31. The molecule has 0 saturated carbocycles. The predicted octanol–water partition coefficient (Wildman–Crippen LogP) is 8.84. The molecule has 0 atom stereocenters. The van der Waals surface area contributed by atoms with Crippen LogP contribution in [0.15, 0.2) is 170 Å². The minimum atomic E-state index is -2.82. The monoisotopic (exact) mass is 621 g/mol. The largest absolute Gasteiger partial charge is 0.309 e. The molecule has 9 rings (SSSR count). The van der Waals surface area contributed by atoms with E-state index in [1.807, 2.05) is 11.3 Å². The van der Waals surface area contributed by atoms with Crippen molar-refractivity contribution in [1.82, 2.24) is 4.57 Å². The number of aryl methyl sites for hydroxylation is 1. The van der Waals surface area contributed by atoms with Crippen LogP contribution in [-0.2, 0) is 0 Å². The topological polar surface area (TPSA) is 4.93 Å². The minimum absolute atomic E-state index is 1.20. The first-order valence-electron chi connectivity index (χ1n) is 15.9. The van der Waals surface area contributed by atoms with Crippen molar-refractivity contribution >= 4 is 82.1 Å². The molecule has 0 aliphatic carbocycles. The lowest BCUT2D eigenvalue weighted by atomic mass is 10.1. The molecule has 3 heteroatoms. The number of benzene rings is 7. The zero-order valence-corrected chi connectivity index (χ0v) is 27.3. The fourth-order valence-electron chi connectivity index (χ4n) is 7.74. The second-order valence-electron chi connectivity index (χ2n) is 12.1. The Morgan fingerprint density at radius 1 is 0.478 bits per heavy atom. The Morgan fingerprint density at radius 3 is 1.85 bits per heavy atom. The lowest BCUT2D eigenvalue weighted by Gasteiger charge is -2.35. The minimum Gasteiger partial charge on any atom is -0.309 e. The Morgan fingerprint density at radius 2 is 1.07 bits per heavy atom. The van der Waals surface area contributed by atoms with Crippen LogP contribution in [0.5, 0.6) is 0 Å². The molecule has 0 aliphatic heterocycles. The highest BCUT2D eigenvalue weighted by molar-refractivity contribution is 7.30. The van der Waals surface area contributed by atoms with E-state index < -0.39 is 8.07 Å². The summed E-state index contributed by atoms with van der Waals surface area (Å²) in [5, 5.41) is 10.9. The SMILES string of the molecule is Cc1cccc2c1c1ccccc1n2-c1cccc([Si](c2ccccc2)(c2ccccc2)c2cccc3c2sc2ccccc23)c1. The van der Waals surface area contributed by atoms with Gasteiger partial charge in [-0.25, -0.2) is 0 Å². The van der Waals surface area contributed by atoms with Gasteiger partial charge in [-0.2, -0.15) is 0 Å². The number of aromatic nitrogens is 1. The Labute approximate surface area is 273 Å². The molecule has 0 radical (unpaired) electrons. The molecular weight excluding hydrogens is 591 g/mol. The van der Waals surface area contributed by atoms with Gasteiger partial charge in [0.15, 0.2) is 8.07 Å². The second kappa shape index (κ2) is 10.7. The van der Waals surface area contributed by atoms with Crippen LogP contribution >= 0.6 is 11.3 Å². The van der Waals surface area contributed by atoms with E-state index in [4.69, 9.17) is 0 Å². The van der Waals surface area contributed by atoms with Crippen molar-refractivity contribution in [1.29, 1.82) is 0 Å². The van der Waals surface area contributed by atoms with Crippen molar-refractivity contribution in [2.75, 3.05) is 0 Å². The van der Waals surface area contributed by atoms with Crippen molar-refractivity contribution in [2.24, 2.45) is 0 Å². The van der Waals surface area contributed by atoms with Crippen LogP contribution in [0.25, 0.3) is 47.7 Å². The maximum Gasteiger partial charge on any atom is 0.181 e. The molecule has 2 heterocycles. The second-order valence-corrected chi connectivity index (χ2v) is 17.0. The summed E-state index contributed by atoms with van der Waals surface area (Å²) < 4.78 is 5.19. The summed E-state index contributed by atoms with van der Waals surface area (Å²) in [6.07, 6.45) is 0. The van der Waals surface area contributed by atoms with Crippen molar-refractivity contribution < 1.29 is 0 Å². The van der Waals surface area contributed by atoms with Gasteiger partial charge in [-0.3, -0.25) is 0 Å². The van der Waals surface area contributed by atoms with E-state index in [1.165, 1.54) is 74.0 Å². The number of hydrogen-bond donors (Lipinski definition) is 0. The molecule has 0 unspecified atom stereocenters. The van der Waals surface area contributed by atoms with E-state index in [0.717, 1.165) is 0 Å². The van der Waals surface area contributed by atoms with Crippen molar-refractivity contribution in [3.63, 3.8) is 0 Å². The summed E-state index contributed by atoms with van der Waals surface area (Å²) in [5.74, 6) is 0. The number of rotatable bonds is 5. The molecule has 2 aromatic heterocycles. The Hall–Kier alpha value is -5.22. The number of thiophene rings is 1. The third kappa shape index (κ3) is 3.92. The van der Waals surface area contributed by atoms with E-state index in [9.17, 15) is 0 Å². The highest BCUT2D eigenvalue weighted by Crippen LogP contribution is 2.35. The van der Waals surface area contributed by atoms with E-state index in [1.54, 1.807) is 0 Å². The molecule has 0 spiro atoms. The average Bonchev–Trinajstić information content (AvgIpc) is 3.67. The van der Waals surface area contributed by atoms with Gasteiger partial charge < -0.3 is 4.57 Å². The summed E-state index contributed by atoms with van der Waals surface area (Å²) in [6, 6.07) is 63.4. The van der Waals surface area contributed by atoms with Gasteiger partial charge in [0, 0.05) is 36.6 Å². The molecule has 9 aromatic rings. The summed E-state index contributed by atoms with van der Waals surface area (Å²) >= 11 is 1.94. The van der Waals surface area contributed by atoms with Gasteiger partial charge in [-0.1, -0.05) is 140 Å². The molecule has 218 valence electrons. The predicted molar refractivity (Wildman–Crippen MR) is 202 cm³/mol. The average molecular weight is 622 g/mol. The third-order valence-corrected chi connectivity index (χ3v) is 15.9. The van der Waals surface area contributed by atoms with E-state index in [-0.39, 0.29) is 0 Å². The first kappa shape index (κ1) is 27.1. The summed E-state index contributed by atoms with van der Waals surface area (Å²) in [4.78, 5) is 0. The maximum atomic E-state index is 2.49. The van der Waals surface area contributed by atoms with E-state index in [0.29, 0.717) is 0 Å². The van der Waals surface area contributed by atoms with E-state index >= 15 is 0 Å². The van der Waals surface area contributed by atoms with Gasteiger partial charge in [0.1, 0.15) is 0 Å². The quantitative estimate of drug-likeness (QED) is 0.134. The molecule has 0 amide bonds. The van der Waals surface area contributed by atoms with Crippen molar-refractivity contribution in [3.8, 4) is 5.69 Å². The Bertz CT molecular complexity index is 2500. The van der Waals surface area contributed by atoms with E-state index in [2.05, 4.69) is 181 Å². The van der Waals surface area contributed by atoms with Crippen molar-refractivity contribution in [3.05, 3.63) is 175 Å². The zero-order valence-electron chi connectivity index (χ0n) is 25.5. The van der Waals surface area contributed by atoms with Crippen LogP contribution in [0.4, 0.5) is 0 Å². The van der Waals surface area contributed by atoms with Gasteiger partial charge in [0.2, 0.25) is 0 Å². The molecule has 46 heavy (non-hydrogen) atoms. The van der Waals surface area contributed by atoms with Crippen molar-refractivity contribution in [2.45, 2.75) is 6.92 Å². The van der Waals surface area contributed by atoms with Crippen LogP contribution in [0.3, 0.4) is 0 Å². The molecule has 1 nitrogen and oxygen atoms in total. The molecule has 0 bridgehead atoms. The first-order chi connectivity index (χ1) is 22.7. The van der Waals surface area contributed by atoms with Crippen LogP contribution in [0.2, 0.25) is 0 Å². The zero-order chi connectivity index (χ0) is 30.7. The molecule has 0 saturated heterocycles. The van der Waals surface area contributed by atoms with Gasteiger partial charge >= 0.3 is 0 Å².